The van der Waals surface area contributed by atoms with E-state index >= 15 is 0 Å². The van der Waals surface area contributed by atoms with Crippen LogP contribution >= 0.6 is 0 Å². The summed E-state index contributed by atoms with van der Waals surface area (Å²) in [5.41, 5.74) is 0.943. The number of benzene rings is 1. The second kappa shape index (κ2) is 6.47. The zero-order chi connectivity index (χ0) is 15.5. The van der Waals surface area contributed by atoms with Crippen LogP contribution < -0.4 is 4.90 Å². The molecule has 6 heteroatoms. The van der Waals surface area contributed by atoms with Crippen molar-refractivity contribution in [3.05, 3.63) is 24.3 Å². The topological polar surface area (TPSA) is 63.7 Å². The van der Waals surface area contributed by atoms with Crippen LogP contribution in [0.5, 0.6) is 0 Å². The van der Waals surface area contributed by atoms with E-state index in [9.17, 15) is 13.2 Å². The van der Waals surface area contributed by atoms with Crippen molar-refractivity contribution in [1.29, 1.82) is 0 Å². The average Bonchev–Trinajstić information content (AvgIpc) is 2.54. The van der Waals surface area contributed by atoms with E-state index in [2.05, 4.69) is 4.90 Å². The number of sulfone groups is 1. The van der Waals surface area contributed by atoms with Gasteiger partial charge in [-0.25, -0.2) is 8.42 Å². The van der Waals surface area contributed by atoms with Crippen molar-refractivity contribution in [2.45, 2.75) is 24.7 Å². The lowest BCUT2D eigenvalue weighted by atomic mass is 9.98. The van der Waals surface area contributed by atoms with Crippen LogP contribution in [0, 0.1) is 5.92 Å². The Bertz CT molecular complexity index is 595. The van der Waals surface area contributed by atoms with Gasteiger partial charge in [-0.2, -0.15) is 0 Å². The van der Waals surface area contributed by atoms with Crippen LogP contribution in [0.4, 0.5) is 5.69 Å². The van der Waals surface area contributed by atoms with Crippen molar-refractivity contribution in [3.8, 4) is 0 Å². The molecule has 1 fully saturated rings. The molecule has 0 bridgehead atoms. The summed E-state index contributed by atoms with van der Waals surface area (Å²) in [5.74, 6) is -0.187. The number of esters is 1. The van der Waals surface area contributed by atoms with Crippen molar-refractivity contribution in [1.82, 2.24) is 0 Å². The molecule has 116 valence electrons. The minimum atomic E-state index is -3.17. The summed E-state index contributed by atoms with van der Waals surface area (Å²) < 4.78 is 28.4. The van der Waals surface area contributed by atoms with Gasteiger partial charge in [0, 0.05) is 18.8 Å². The molecule has 2 rings (SSSR count). The molecule has 0 N–H and O–H groups in total. The summed E-state index contributed by atoms with van der Waals surface area (Å²) in [6, 6.07) is 6.89. The molecule has 21 heavy (non-hydrogen) atoms. The van der Waals surface area contributed by atoms with Gasteiger partial charge in [-0.05, 0) is 37.1 Å². The normalized spacial score (nSPS) is 19.3. The largest absolute Gasteiger partial charge is 0.469 e. The monoisotopic (exact) mass is 311 g/mol. The number of rotatable bonds is 4. The van der Waals surface area contributed by atoms with Crippen LogP contribution in [0.3, 0.4) is 0 Å². The van der Waals surface area contributed by atoms with Crippen molar-refractivity contribution in [3.63, 3.8) is 0 Å². The Hall–Kier alpha value is -1.56. The summed E-state index contributed by atoms with van der Waals surface area (Å²) in [5, 5.41) is 0. The molecular formula is C15H21NO4S. The second-order valence-corrected chi connectivity index (χ2v) is 7.48. The van der Waals surface area contributed by atoms with Crippen LogP contribution in [0.15, 0.2) is 29.2 Å². The lowest BCUT2D eigenvalue weighted by Crippen LogP contribution is -2.39. The minimum absolute atomic E-state index is 0.0977. The predicted octanol–water partition coefficient (Wildman–Crippen LogP) is 1.87. The first kappa shape index (κ1) is 15.8. The maximum Gasteiger partial charge on any atom is 0.310 e. The summed E-state index contributed by atoms with van der Waals surface area (Å²) >= 11 is 0. The number of anilines is 1. The van der Waals surface area contributed by atoms with Gasteiger partial charge in [0.25, 0.3) is 0 Å². The Balaban J connectivity index is 2.13. The molecule has 0 amide bonds. The molecule has 1 saturated heterocycles. The SMILES string of the molecule is CCS(=O)(=O)c1ccc(N2CCCC(C(=O)OC)C2)cc1. The maximum absolute atomic E-state index is 11.8. The standard InChI is InChI=1S/C15H21NO4S/c1-3-21(18,19)14-8-6-13(7-9-14)16-10-4-5-12(11-16)15(17)20-2/h6-9,12H,3-5,10-11H2,1-2H3. The van der Waals surface area contributed by atoms with Gasteiger partial charge in [-0.3, -0.25) is 4.79 Å². The molecule has 1 unspecified atom stereocenters. The lowest BCUT2D eigenvalue weighted by Gasteiger charge is -2.33. The Morgan fingerprint density at radius 2 is 2.00 bits per heavy atom. The molecule has 0 spiro atoms. The van der Waals surface area contributed by atoms with E-state index < -0.39 is 9.84 Å². The summed E-state index contributed by atoms with van der Waals surface area (Å²) in [6.07, 6.45) is 1.76. The van der Waals surface area contributed by atoms with Crippen LogP contribution in [-0.2, 0) is 19.4 Å². The quantitative estimate of drug-likeness (QED) is 0.794. The van der Waals surface area contributed by atoms with E-state index in [1.807, 2.05) is 12.1 Å². The van der Waals surface area contributed by atoms with Crippen LogP contribution in [-0.4, -0.2) is 40.3 Å². The van der Waals surface area contributed by atoms with Gasteiger partial charge in [-0.15, -0.1) is 0 Å². The molecular weight excluding hydrogens is 290 g/mol. The van der Waals surface area contributed by atoms with Crippen molar-refractivity contribution >= 4 is 21.5 Å². The first-order chi connectivity index (χ1) is 9.97. The van der Waals surface area contributed by atoms with Crippen LogP contribution in [0.2, 0.25) is 0 Å². The Morgan fingerprint density at radius 1 is 1.33 bits per heavy atom. The molecule has 0 aliphatic carbocycles. The van der Waals surface area contributed by atoms with Crippen molar-refractivity contribution < 1.29 is 17.9 Å². The highest BCUT2D eigenvalue weighted by Crippen LogP contribution is 2.25. The minimum Gasteiger partial charge on any atom is -0.469 e. The van der Waals surface area contributed by atoms with Gasteiger partial charge in [0.15, 0.2) is 9.84 Å². The van der Waals surface area contributed by atoms with Gasteiger partial charge in [0.2, 0.25) is 0 Å². The molecule has 1 aromatic carbocycles. The number of methoxy groups -OCH3 is 1. The Kier molecular flexibility index (Phi) is 4.88. The summed E-state index contributed by atoms with van der Waals surface area (Å²) in [7, 11) is -1.76. The molecule has 0 radical (unpaired) electrons. The number of hydrogen-bond acceptors (Lipinski definition) is 5. The molecule has 1 aliphatic rings. The van der Waals surface area contributed by atoms with Gasteiger partial charge in [0.1, 0.15) is 0 Å². The predicted molar refractivity (Wildman–Crippen MR) is 81.1 cm³/mol. The number of carbonyl (C=O) groups excluding carboxylic acids is 1. The number of hydrogen-bond donors (Lipinski definition) is 0. The van der Waals surface area contributed by atoms with Crippen molar-refractivity contribution in [2.75, 3.05) is 30.9 Å². The third-order valence-electron chi connectivity index (χ3n) is 3.90. The second-order valence-electron chi connectivity index (χ2n) is 5.21. The summed E-state index contributed by atoms with van der Waals surface area (Å²) in [6.45, 7) is 3.12. The van der Waals surface area contributed by atoms with Crippen LogP contribution in [0.25, 0.3) is 0 Å². The zero-order valence-corrected chi connectivity index (χ0v) is 13.2. The highest BCUT2D eigenvalue weighted by Gasteiger charge is 2.26. The van der Waals surface area contributed by atoms with Gasteiger partial charge in [0.05, 0.1) is 23.7 Å². The number of ether oxygens (including phenoxy) is 1. The van der Waals surface area contributed by atoms with E-state index in [0.29, 0.717) is 11.4 Å². The average molecular weight is 311 g/mol. The van der Waals surface area contributed by atoms with Crippen molar-refractivity contribution in [2.24, 2.45) is 5.92 Å². The first-order valence-corrected chi connectivity index (χ1v) is 8.78. The van der Waals surface area contributed by atoms with Crippen LogP contribution in [0.1, 0.15) is 19.8 Å². The smallest absolute Gasteiger partial charge is 0.310 e. The first-order valence-electron chi connectivity index (χ1n) is 7.13. The number of nitrogens with zero attached hydrogens (tertiary/aromatic N) is 1. The molecule has 0 aromatic heterocycles. The number of piperidine rings is 1. The van der Waals surface area contributed by atoms with E-state index in [0.717, 1.165) is 25.1 Å². The van der Waals surface area contributed by atoms with Gasteiger partial charge < -0.3 is 9.64 Å². The fourth-order valence-electron chi connectivity index (χ4n) is 2.60. The van der Waals surface area contributed by atoms with E-state index in [1.165, 1.54) is 7.11 Å². The third kappa shape index (κ3) is 3.56. The summed E-state index contributed by atoms with van der Waals surface area (Å²) in [4.78, 5) is 14.1. The zero-order valence-electron chi connectivity index (χ0n) is 12.4. The van der Waals surface area contributed by atoms with Gasteiger partial charge in [-0.1, -0.05) is 6.92 Å². The number of carbonyl (C=O) groups is 1. The van der Waals surface area contributed by atoms with E-state index in [-0.39, 0.29) is 17.6 Å². The maximum atomic E-state index is 11.8. The fraction of sp³-hybridized carbons (Fsp3) is 0.533. The highest BCUT2D eigenvalue weighted by molar-refractivity contribution is 7.91. The fourth-order valence-corrected chi connectivity index (χ4v) is 3.49. The molecule has 1 aliphatic heterocycles. The van der Waals surface area contributed by atoms with Gasteiger partial charge >= 0.3 is 5.97 Å². The molecule has 1 atom stereocenters. The third-order valence-corrected chi connectivity index (χ3v) is 5.65. The Morgan fingerprint density at radius 3 is 2.57 bits per heavy atom. The molecule has 1 aromatic rings. The molecule has 5 nitrogen and oxygen atoms in total. The molecule has 1 heterocycles. The highest BCUT2D eigenvalue weighted by atomic mass is 32.2. The van der Waals surface area contributed by atoms with E-state index in [1.54, 1.807) is 19.1 Å². The van der Waals surface area contributed by atoms with E-state index in [4.69, 9.17) is 4.74 Å². The lowest BCUT2D eigenvalue weighted by molar-refractivity contribution is -0.145. The Labute approximate surface area is 125 Å². The molecule has 0 saturated carbocycles.